The molecule has 1 N–H and O–H groups in total. The Bertz CT molecular complexity index is 326. The van der Waals surface area contributed by atoms with E-state index in [-0.39, 0.29) is 25.3 Å². The summed E-state index contributed by atoms with van der Waals surface area (Å²) in [5.74, 6) is -0.942. The van der Waals surface area contributed by atoms with Crippen molar-refractivity contribution in [3.8, 4) is 0 Å². The van der Waals surface area contributed by atoms with Crippen LogP contribution in [0.3, 0.4) is 0 Å². The van der Waals surface area contributed by atoms with Gasteiger partial charge in [-0.25, -0.2) is 8.42 Å². The second-order valence-electron chi connectivity index (χ2n) is 3.35. The molecule has 88 valence electrons. The molecule has 0 bridgehead atoms. The smallest absolute Gasteiger partial charge is 0.306 e. The molecule has 0 amide bonds. The lowest BCUT2D eigenvalue weighted by atomic mass is 10.2. The Morgan fingerprint density at radius 2 is 2.27 bits per heavy atom. The number of rotatable bonds is 4. The number of carbonyl (C=O) groups is 1. The molecule has 0 spiro atoms. The number of hydrogen-bond donors (Lipinski definition) is 1. The summed E-state index contributed by atoms with van der Waals surface area (Å²) in [6.45, 7) is 2.28. The summed E-state index contributed by atoms with van der Waals surface area (Å²) < 4.78 is 29.5. The molecule has 1 heterocycles. The number of hydrogen-bond acceptors (Lipinski definition) is 4. The molecule has 1 fully saturated rings. The van der Waals surface area contributed by atoms with Gasteiger partial charge in [0.2, 0.25) is 10.0 Å². The molecule has 0 aromatic rings. The van der Waals surface area contributed by atoms with E-state index in [2.05, 4.69) is 0 Å². The zero-order chi connectivity index (χ0) is 11.5. The van der Waals surface area contributed by atoms with Crippen LogP contribution in [0.5, 0.6) is 0 Å². The van der Waals surface area contributed by atoms with Crippen LogP contribution < -0.4 is 0 Å². The summed E-state index contributed by atoms with van der Waals surface area (Å²) in [6, 6.07) is 0. The van der Waals surface area contributed by atoms with Gasteiger partial charge in [0.15, 0.2) is 0 Å². The quantitative estimate of drug-likeness (QED) is 0.713. The van der Waals surface area contributed by atoms with Crippen molar-refractivity contribution in [1.82, 2.24) is 4.31 Å². The molecule has 0 saturated carbocycles. The van der Waals surface area contributed by atoms with E-state index in [0.717, 1.165) is 0 Å². The average Bonchev–Trinajstić information content (AvgIpc) is 2.17. The van der Waals surface area contributed by atoms with E-state index in [1.165, 1.54) is 4.31 Å². The third kappa shape index (κ3) is 3.44. The maximum Gasteiger partial charge on any atom is 0.306 e. The second kappa shape index (κ2) is 4.91. The lowest BCUT2D eigenvalue weighted by Crippen LogP contribution is -2.46. The maximum atomic E-state index is 11.5. The minimum Gasteiger partial charge on any atom is -0.481 e. The molecule has 1 saturated heterocycles. The first-order valence-corrected chi connectivity index (χ1v) is 6.38. The third-order valence-corrected chi connectivity index (χ3v) is 4.11. The number of ether oxygens (including phenoxy) is 1. The van der Waals surface area contributed by atoms with E-state index in [9.17, 15) is 13.2 Å². The fourth-order valence-electron chi connectivity index (χ4n) is 1.45. The Balaban J connectivity index is 2.60. The van der Waals surface area contributed by atoms with E-state index in [1.807, 2.05) is 0 Å². The van der Waals surface area contributed by atoms with Gasteiger partial charge in [0.05, 0.1) is 24.9 Å². The summed E-state index contributed by atoms with van der Waals surface area (Å²) in [6.07, 6.45) is -0.687. The van der Waals surface area contributed by atoms with Crippen LogP contribution >= 0.6 is 0 Å². The van der Waals surface area contributed by atoms with Crippen LogP contribution in [-0.4, -0.2) is 55.4 Å². The fourth-order valence-corrected chi connectivity index (χ4v) is 2.56. The average molecular weight is 237 g/mol. The molecule has 1 aliphatic rings. The molecule has 15 heavy (non-hydrogen) atoms. The molecule has 0 aromatic heterocycles. The normalized spacial score (nSPS) is 23.9. The third-order valence-electron chi connectivity index (χ3n) is 2.26. The Labute approximate surface area is 88.9 Å². The van der Waals surface area contributed by atoms with Crippen molar-refractivity contribution in [2.45, 2.75) is 19.4 Å². The Kier molecular flexibility index (Phi) is 4.06. The molecule has 1 unspecified atom stereocenters. The van der Waals surface area contributed by atoms with Crippen molar-refractivity contribution >= 4 is 16.0 Å². The highest BCUT2D eigenvalue weighted by Crippen LogP contribution is 2.12. The maximum absolute atomic E-state index is 11.5. The Morgan fingerprint density at radius 1 is 1.60 bits per heavy atom. The molecule has 0 aromatic carbocycles. The van der Waals surface area contributed by atoms with E-state index in [1.54, 1.807) is 6.92 Å². The monoisotopic (exact) mass is 237 g/mol. The molecule has 1 atom stereocenters. The minimum atomic E-state index is -3.23. The number of carboxylic acid groups (broad SMARTS) is 1. The highest BCUT2D eigenvalue weighted by Gasteiger charge is 2.29. The van der Waals surface area contributed by atoms with Gasteiger partial charge in [-0.3, -0.25) is 4.79 Å². The van der Waals surface area contributed by atoms with Crippen LogP contribution in [0.4, 0.5) is 0 Å². The highest BCUT2D eigenvalue weighted by molar-refractivity contribution is 7.89. The SMILES string of the molecule is CCS(=O)(=O)N1CCOC(CC(=O)O)C1. The van der Waals surface area contributed by atoms with Gasteiger partial charge in [-0.15, -0.1) is 0 Å². The van der Waals surface area contributed by atoms with Crippen LogP contribution in [0.25, 0.3) is 0 Å². The summed E-state index contributed by atoms with van der Waals surface area (Å²) in [4.78, 5) is 10.4. The van der Waals surface area contributed by atoms with Crippen LogP contribution in [-0.2, 0) is 19.6 Å². The summed E-state index contributed by atoms with van der Waals surface area (Å²) in [5.41, 5.74) is 0. The zero-order valence-corrected chi connectivity index (χ0v) is 9.37. The number of nitrogens with zero attached hydrogens (tertiary/aromatic N) is 1. The molecule has 0 radical (unpaired) electrons. The van der Waals surface area contributed by atoms with Gasteiger partial charge in [-0.2, -0.15) is 4.31 Å². The summed E-state index contributed by atoms with van der Waals surface area (Å²) in [5, 5.41) is 8.56. The highest BCUT2D eigenvalue weighted by atomic mass is 32.2. The first-order valence-electron chi connectivity index (χ1n) is 4.77. The van der Waals surface area contributed by atoms with Crippen LogP contribution in [0.1, 0.15) is 13.3 Å². The number of aliphatic carboxylic acids is 1. The van der Waals surface area contributed by atoms with E-state index >= 15 is 0 Å². The molecular formula is C8H15NO5S. The van der Waals surface area contributed by atoms with Gasteiger partial charge in [-0.1, -0.05) is 0 Å². The van der Waals surface area contributed by atoms with Crippen LogP contribution in [0.2, 0.25) is 0 Å². The Morgan fingerprint density at radius 3 is 2.80 bits per heavy atom. The molecule has 1 rings (SSSR count). The molecular weight excluding hydrogens is 222 g/mol. The lowest BCUT2D eigenvalue weighted by Gasteiger charge is -2.31. The first-order chi connectivity index (χ1) is 6.95. The van der Waals surface area contributed by atoms with Gasteiger partial charge in [0.1, 0.15) is 0 Å². The van der Waals surface area contributed by atoms with E-state index in [4.69, 9.17) is 9.84 Å². The standard InChI is InChI=1S/C8H15NO5S/c1-2-15(12,13)9-3-4-14-7(6-9)5-8(10)11/h7H,2-6H2,1H3,(H,10,11). The van der Waals surface area contributed by atoms with Gasteiger partial charge >= 0.3 is 5.97 Å². The molecule has 1 aliphatic heterocycles. The second-order valence-corrected chi connectivity index (χ2v) is 5.61. The van der Waals surface area contributed by atoms with E-state index < -0.39 is 22.1 Å². The molecule has 7 heteroatoms. The van der Waals surface area contributed by atoms with Crippen molar-refractivity contribution in [2.75, 3.05) is 25.4 Å². The predicted octanol–water partition coefficient (Wildman–Crippen LogP) is -0.488. The summed E-state index contributed by atoms with van der Waals surface area (Å²) in [7, 11) is -3.23. The van der Waals surface area contributed by atoms with Crippen molar-refractivity contribution in [3.05, 3.63) is 0 Å². The number of sulfonamides is 1. The van der Waals surface area contributed by atoms with Crippen molar-refractivity contribution in [3.63, 3.8) is 0 Å². The van der Waals surface area contributed by atoms with Crippen LogP contribution in [0, 0.1) is 0 Å². The molecule has 6 nitrogen and oxygen atoms in total. The van der Waals surface area contributed by atoms with Gasteiger partial charge in [0.25, 0.3) is 0 Å². The topological polar surface area (TPSA) is 83.9 Å². The molecule has 0 aliphatic carbocycles. The minimum absolute atomic E-state index is 0.0345. The number of morpholine rings is 1. The summed E-state index contributed by atoms with van der Waals surface area (Å²) >= 11 is 0. The van der Waals surface area contributed by atoms with Crippen molar-refractivity contribution < 1.29 is 23.1 Å². The van der Waals surface area contributed by atoms with Gasteiger partial charge in [-0.05, 0) is 6.92 Å². The lowest BCUT2D eigenvalue weighted by molar-refractivity contribution is -0.141. The van der Waals surface area contributed by atoms with Crippen LogP contribution in [0.15, 0.2) is 0 Å². The fraction of sp³-hybridized carbons (Fsp3) is 0.875. The van der Waals surface area contributed by atoms with Gasteiger partial charge in [0, 0.05) is 13.1 Å². The van der Waals surface area contributed by atoms with Crippen molar-refractivity contribution in [1.29, 1.82) is 0 Å². The van der Waals surface area contributed by atoms with Crippen molar-refractivity contribution in [2.24, 2.45) is 0 Å². The Hall–Kier alpha value is -0.660. The number of carboxylic acids is 1. The van der Waals surface area contributed by atoms with Gasteiger partial charge < -0.3 is 9.84 Å². The van der Waals surface area contributed by atoms with E-state index in [0.29, 0.717) is 6.54 Å². The first kappa shape index (κ1) is 12.4. The predicted molar refractivity (Wildman–Crippen MR) is 53.0 cm³/mol. The largest absolute Gasteiger partial charge is 0.481 e. The zero-order valence-electron chi connectivity index (χ0n) is 8.55.